The topological polar surface area (TPSA) is 12.5 Å². The molecule has 1 aromatic rings. The second-order valence-corrected chi connectivity index (χ2v) is 4.28. The standard InChI is InChI=1S/C11H13ClO/c1-8(2)11(7-13-11)9-4-3-5-10(12)6-9/h3-6,8H,7H2,1-2H3. The average molecular weight is 197 g/mol. The molecule has 0 aromatic heterocycles. The van der Waals surface area contributed by atoms with Crippen LogP contribution >= 0.6 is 11.6 Å². The Morgan fingerprint density at radius 2 is 2.15 bits per heavy atom. The lowest BCUT2D eigenvalue weighted by Crippen LogP contribution is -2.16. The van der Waals surface area contributed by atoms with E-state index in [1.807, 2.05) is 18.2 Å². The van der Waals surface area contributed by atoms with Crippen LogP contribution < -0.4 is 0 Å². The molecule has 1 aliphatic rings. The van der Waals surface area contributed by atoms with E-state index in [9.17, 15) is 0 Å². The molecule has 70 valence electrons. The molecule has 0 radical (unpaired) electrons. The minimum atomic E-state index is -0.0507. The average Bonchev–Trinajstić information content (AvgIpc) is 2.83. The molecule has 1 heterocycles. The fourth-order valence-electron chi connectivity index (χ4n) is 1.66. The third-order valence-electron chi connectivity index (χ3n) is 2.70. The van der Waals surface area contributed by atoms with Gasteiger partial charge >= 0.3 is 0 Å². The number of halogens is 1. The van der Waals surface area contributed by atoms with Crippen LogP contribution in [0.1, 0.15) is 19.4 Å². The fraction of sp³-hybridized carbons (Fsp3) is 0.455. The zero-order valence-corrected chi connectivity index (χ0v) is 8.64. The predicted octanol–water partition coefficient (Wildman–Crippen LogP) is 3.22. The minimum Gasteiger partial charge on any atom is -0.364 e. The predicted molar refractivity (Wildman–Crippen MR) is 53.9 cm³/mol. The van der Waals surface area contributed by atoms with Gasteiger partial charge in [-0.3, -0.25) is 0 Å². The Kier molecular flexibility index (Phi) is 2.09. The van der Waals surface area contributed by atoms with Crippen LogP contribution in [-0.2, 0) is 10.3 Å². The molecular formula is C11H13ClO. The Morgan fingerprint density at radius 1 is 1.46 bits per heavy atom. The van der Waals surface area contributed by atoms with Gasteiger partial charge in [-0.25, -0.2) is 0 Å². The van der Waals surface area contributed by atoms with Gasteiger partial charge in [0.05, 0.1) is 6.61 Å². The van der Waals surface area contributed by atoms with Crippen molar-refractivity contribution in [2.75, 3.05) is 6.61 Å². The summed E-state index contributed by atoms with van der Waals surface area (Å²) < 4.78 is 5.54. The highest BCUT2D eigenvalue weighted by atomic mass is 35.5. The van der Waals surface area contributed by atoms with Crippen LogP contribution in [0.3, 0.4) is 0 Å². The summed E-state index contributed by atoms with van der Waals surface area (Å²) in [6, 6.07) is 7.94. The van der Waals surface area contributed by atoms with E-state index in [1.54, 1.807) is 0 Å². The number of hydrogen-bond acceptors (Lipinski definition) is 1. The minimum absolute atomic E-state index is 0.0507. The SMILES string of the molecule is CC(C)C1(c2cccc(Cl)c2)CO1. The number of benzene rings is 1. The summed E-state index contributed by atoms with van der Waals surface area (Å²) in [7, 11) is 0. The Bertz CT molecular complexity index is 316. The summed E-state index contributed by atoms with van der Waals surface area (Å²) in [6.45, 7) is 5.17. The van der Waals surface area contributed by atoms with Crippen LogP contribution in [0.5, 0.6) is 0 Å². The van der Waals surface area contributed by atoms with Gasteiger partial charge in [0.2, 0.25) is 0 Å². The first-order chi connectivity index (χ1) is 6.15. The lowest BCUT2D eigenvalue weighted by Gasteiger charge is -2.16. The molecule has 0 saturated carbocycles. The first-order valence-corrected chi connectivity index (χ1v) is 4.93. The Morgan fingerprint density at radius 3 is 2.62 bits per heavy atom. The Balaban J connectivity index is 2.35. The molecule has 0 aliphatic carbocycles. The molecule has 1 aromatic carbocycles. The van der Waals surface area contributed by atoms with Crippen molar-refractivity contribution in [3.05, 3.63) is 34.9 Å². The van der Waals surface area contributed by atoms with E-state index in [-0.39, 0.29) is 5.60 Å². The quantitative estimate of drug-likeness (QED) is 0.662. The van der Waals surface area contributed by atoms with Crippen molar-refractivity contribution >= 4 is 11.6 Å². The zero-order valence-electron chi connectivity index (χ0n) is 7.88. The normalized spacial score (nSPS) is 26.5. The van der Waals surface area contributed by atoms with Gasteiger partial charge in [-0.1, -0.05) is 37.6 Å². The molecule has 0 N–H and O–H groups in total. The maximum Gasteiger partial charge on any atom is 0.119 e. The largest absolute Gasteiger partial charge is 0.364 e. The first kappa shape index (κ1) is 9.04. The molecule has 13 heavy (non-hydrogen) atoms. The molecule has 1 unspecified atom stereocenters. The molecule has 2 rings (SSSR count). The van der Waals surface area contributed by atoms with Gasteiger partial charge < -0.3 is 4.74 Å². The van der Waals surface area contributed by atoms with E-state index in [0.717, 1.165) is 11.6 Å². The summed E-state index contributed by atoms with van der Waals surface area (Å²) in [5, 5.41) is 0.785. The Hall–Kier alpha value is -0.530. The van der Waals surface area contributed by atoms with Crippen LogP contribution in [0.15, 0.2) is 24.3 Å². The summed E-state index contributed by atoms with van der Waals surface area (Å²) in [5.74, 6) is 0.506. The van der Waals surface area contributed by atoms with Crippen LogP contribution in [0.25, 0.3) is 0 Å². The van der Waals surface area contributed by atoms with E-state index < -0.39 is 0 Å². The molecule has 2 heteroatoms. The summed E-state index contributed by atoms with van der Waals surface area (Å²) in [5.41, 5.74) is 1.15. The number of rotatable bonds is 2. The van der Waals surface area contributed by atoms with Crippen molar-refractivity contribution in [3.8, 4) is 0 Å². The van der Waals surface area contributed by atoms with Crippen LogP contribution in [0.2, 0.25) is 5.02 Å². The number of epoxide rings is 1. The van der Waals surface area contributed by atoms with Crippen molar-refractivity contribution in [1.29, 1.82) is 0 Å². The summed E-state index contributed by atoms with van der Waals surface area (Å²) in [4.78, 5) is 0. The molecule has 1 aliphatic heterocycles. The van der Waals surface area contributed by atoms with E-state index >= 15 is 0 Å². The highest BCUT2D eigenvalue weighted by molar-refractivity contribution is 6.30. The van der Waals surface area contributed by atoms with Gasteiger partial charge in [0, 0.05) is 5.02 Å². The fourth-order valence-corrected chi connectivity index (χ4v) is 1.85. The van der Waals surface area contributed by atoms with Gasteiger partial charge in [-0.2, -0.15) is 0 Å². The molecule has 1 fully saturated rings. The van der Waals surface area contributed by atoms with Crippen molar-refractivity contribution in [3.63, 3.8) is 0 Å². The molecule has 1 saturated heterocycles. The maximum atomic E-state index is 5.93. The smallest absolute Gasteiger partial charge is 0.119 e. The summed E-state index contributed by atoms with van der Waals surface area (Å²) in [6.07, 6.45) is 0. The molecule has 0 amide bonds. The number of ether oxygens (including phenoxy) is 1. The van der Waals surface area contributed by atoms with E-state index in [1.165, 1.54) is 5.56 Å². The van der Waals surface area contributed by atoms with E-state index in [0.29, 0.717) is 5.92 Å². The van der Waals surface area contributed by atoms with Crippen LogP contribution in [-0.4, -0.2) is 6.61 Å². The summed E-state index contributed by atoms with van der Waals surface area (Å²) >= 11 is 5.93. The highest BCUT2D eigenvalue weighted by Crippen LogP contribution is 2.45. The highest BCUT2D eigenvalue weighted by Gasteiger charge is 2.49. The van der Waals surface area contributed by atoms with E-state index in [2.05, 4.69) is 19.9 Å². The second kappa shape index (κ2) is 3.00. The second-order valence-electron chi connectivity index (χ2n) is 3.84. The first-order valence-electron chi connectivity index (χ1n) is 4.55. The van der Waals surface area contributed by atoms with Gasteiger partial charge in [0.25, 0.3) is 0 Å². The van der Waals surface area contributed by atoms with Gasteiger partial charge in [0.1, 0.15) is 5.60 Å². The van der Waals surface area contributed by atoms with Crippen molar-refractivity contribution in [1.82, 2.24) is 0 Å². The van der Waals surface area contributed by atoms with Crippen molar-refractivity contribution in [2.24, 2.45) is 5.92 Å². The van der Waals surface area contributed by atoms with E-state index in [4.69, 9.17) is 16.3 Å². The zero-order chi connectivity index (χ0) is 9.47. The molecule has 1 nitrogen and oxygen atoms in total. The third-order valence-corrected chi connectivity index (χ3v) is 2.94. The van der Waals surface area contributed by atoms with Gasteiger partial charge in [-0.05, 0) is 23.6 Å². The lowest BCUT2D eigenvalue weighted by atomic mass is 9.89. The monoisotopic (exact) mass is 196 g/mol. The van der Waals surface area contributed by atoms with Crippen LogP contribution in [0.4, 0.5) is 0 Å². The molecule has 0 spiro atoms. The van der Waals surface area contributed by atoms with Gasteiger partial charge in [0.15, 0.2) is 0 Å². The lowest BCUT2D eigenvalue weighted by molar-refractivity contribution is 0.242. The molecular weight excluding hydrogens is 184 g/mol. The van der Waals surface area contributed by atoms with Gasteiger partial charge in [-0.15, -0.1) is 0 Å². The number of hydrogen-bond donors (Lipinski definition) is 0. The maximum absolute atomic E-state index is 5.93. The molecule has 0 bridgehead atoms. The third kappa shape index (κ3) is 1.47. The van der Waals surface area contributed by atoms with Crippen molar-refractivity contribution in [2.45, 2.75) is 19.4 Å². The Labute approximate surface area is 83.7 Å². The molecule has 1 atom stereocenters. The van der Waals surface area contributed by atoms with Crippen LogP contribution in [0, 0.1) is 5.92 Å². The van der Waals surface area contributed by atoms with Crippen molar-refractivity contribution < 1.29 is 4.74 Å².